The summed E-state index contributed by atoms with van der Waals surface area (Å²) in [6.45, 7) is 7.36. The molecule has 0 saturated heterocycles. The SMILES string of the molecule is COCCOCCCOCCCC(C)(C)C#N. The molecular formula is C13H25NO3. The summed E-state index contributed by atoms with van der Waals surface area (Å²) in [4.78, 5) is 0. The Hall–Kier alpha value is -0.630. The molecule has 0 N–H and O–H groups in total. The second-order valence-corrected chi connectivity index (χ2v) is 4.67. The number of methoxy groups -OCH3 is 1. The maximum atomic E-state index is 8.82. The number of hydrogen-bond acceptors (Lipinski definition) is 4. The minimum atomic E-state index is -0.230. The summed E-state index contributed by atoms with van der Waals surface area (Å²) in [6, 6.07) is 2.28. The topological polar surface area (TPSA) is 51.5 Å². The lowest BCUT2D eigenvalue weighted by Crippen LogP contribution is -2.10. The molecular weight excluding hydrogens is 218 g/mol. The second kappa shape index (κ2) is 10.5. The van der Waals surface area contributed by atoms with Crippen LogP contribution < -0.4 is 0 Å². The van der Waals surface area contributed by atoms with Crippen molar-refractivity contribution in [2.24, 2.45) is 5.41 Å². The minimum absolute atomic E-state index is 0.230. The van der Waals surface area contributed by atoms with Crippen molar-refractivity contribution in [3.05, 3.63) is 0 Å². The van der Waals surface area contributed by atoms with Gasteiger partial charge in [-0.3, -0.25) is 0 Å². The molecule has 0 aliphatic rings. The van der Waals surface area contributed by atoms with E-state index in [-0.39, 0.29) is 5.41 Å². The van der Waals surface area contributed by atoms with E-state index < -0.39 is 0 Å². The van der Waals surface area contributed by atoms with Gasteiger partial charge in [0, 0.05) is 26.9 Å². The Balaban J connectivity index is 3.12. The first-order valence-electron chi connectivity index (χ1n) is 6.18. The summed E-state index contributed by atoms with van der Waals surface area (Å²) in [5, 5.41) is 8.82. The van der Waals surface area contributed by atoms with Crippen molar-refractivity contribution in [3.63, 3.8) is 0 Å². The molecule has 0 heterocycles. The molecule has 0 aromatic heterocycles. The van der Waals surface area contributed by atoms with Crippen LogP contribution in [0, 0.1) is 16.7 Å². The van der Waals surface area contributed by atoms with Crippen LogP contribution >= 0.6 is 0 Å². The number of nitriles is 1. The van der Waals surface area contributed by atoms with Crippen molar-refractivity contribution in [2.75, 3.05) is 40.1 Å². The predicted molar refractivity (Wildman–Crippen MR) is 66.8 cm³/mol. The van der Waals surface area contributed by atoms with Crippen LogP contribution in [-0.2, 0) is 14.2 Å². The van der Waals surface area contributed by atoms with E-state index in [1.165, 1.54) is 0 Å². The van der Waals surface area contributed by atoms with Gasteiger partial charge >= 0.3 is 0 Å². The third-order valence-electron chi connectivity index (χ3n) is 2.40. The first-order valence-corrected chi connectivity index (χ1v) is 6.18. The van der Waals surface area contributed by atoms with Gasteiger partial charge in [-0.05, 0) is 33.1 Å². The van der Waals surface area contributed by atoms with E-state index in [0.29, 0.717) is 19.8 Å². The van der Waals surface area contributed by atoms with Crippen LogP contribution in [0.25, 0.3) is 0 Å². The lowest BCUT2D eigenvalue weighted by atomic mass is 9.90. The van der Waals surface area contributed by atoms with E-state index in [0.717, 1.165) is 32.5 Å². The predicted octanol–water partition coefficient (Wildman–Crippen LogP) is 2.39. The Morgan fingerprint density at radius 1 is 0.941 bits per heavy atom. The standard InChI is InChI=1S/C13H25NO3/c1-13(2,12-14)6-4-7-16-8-5-9-17-11-10-15-3/h4-11H2,1-3H3. The Morgan fingerprint density at radius 2 is 1.53 bits per heavy atom. The van der Waals surface area contributed by atoms with Gasteiger partial charge in [-0.25, -0.2) is 0 Å². The van der Waals surface area contributed by atoms with E-state index in [4.69, 9.17) is 19.5 Å². The van der Waals surface area contributed by atoms with Crippen LogP contribution in [0.3, 0.4) is 0 Å². The van der Waals surface area contributed by atoms with Gasteiger partial charge in [-0.15, -0.1) is 0 Å². The highest BCUT2D eigenvalue weighted by molar-refractivity contribution is 4.91. The lowest BCUT2D eigenvalue weighted by Gasteiger charge is -2.14. The molecule has 0 atom stereocenters. The highest BCUT2D eigenvalue weighted by atomic mass is 16.5. The summed E-state index contributed by atoms with van der Waals surface area (Å²) in [7, 11) is 1.66. The van der Waals surface area contributed by atoms with Gasteiger partial charge < -0.3 is 14.2 Å². The van der Waals surface area contributed by atoms with Gasteiger partial charge in [0.05, 0.1) is 24.7 Å². The Bertz CT molecular complexity index is 211. The van der Waals surface area contributed by atoms with Crippen molar-refractivity contribution < 1.29 is 14.2 Å². The van der Waals surface area contributed by atoms with Crippen LogP contribution in [0.4, 0.5) is 0 Å². The molecule has 0 unspecified atom stereocenters. The highest BCUT2D eigenvalue weighted by Crippen LogP contribution is 2.20. The number of nitrogens with zero attached hydrogens (tertiary/aromatic N) is 1. The largest absolute Gasteiger partial charge is 0.382 e. The molecule has 0 radical (unpaired) electrons. The third-order valence-corrected chi connectivity index (χ3v) is 2.40. The van der Waals surface area contributed by atoms with E-state index in [2.05, 4.69) is 6.07 Å². The average molecular weight is 243 g/mol. The average Bonchev–Trinajstić information content (AvgIpc) is 2.31. The molecule has 0 aromatic rings. The summed E-state index contributed by atoms with van der Waals surface area (Å²) < 4.78 is 15.6. The van der Waals surface area contributed by atoms with E-state index in [1.54, 1.807) is 7.11 Å². The van der Waals surface area contributed by atoms with Gasteiger partial charge in [-0.1, -0.05) is 0 Å². The van der Waals surface area contributed by atoms with Crippen LogP contribution in [0.1, 0.15) is 33.1 Å². The van der Waals surface area contributed by atoms with Gasteiger partial charge in [0.25, 0.3) is 0 Å². The maximum absolute atomic E-state index is 8.82. The first kappa shape index (κ1) is 16.4. The smallest absolute Gasteiger partial charge is 0.0700 e. The van der Waals surface area contributed by atoms with Crippen LogP contribution in [0.15, 0.2) is 0 Å². The van der Waals surface area contributed by atoms with Crippen molar-refractivity contribution in [2.45, 2.75) is 33.1 Å². The molecule has 0 bridgehead atoms. The number of rotatable bonds is 11. The lowest BCUT2D eigenvalue weighted by molar-refractivity contribution is 0.0502. The molecule has 0 fully saturated rings. The molecule has 0 aliphatic carbocycles. The zero-order valence-corrected chi connectivity index (χ0v) is 11.3. The van der Waals surface area contributed by atoms with Crippen molar-refractivity contribution in [1.29, 1.82) is 5.26 Å². The van der Waals surface area contributed by atoms with Gasteiger partial charge in [0.15, 0.2) is 0 Å². The van der Waals surface area contributed by atoms with E-state index in [1.807, 2.05) is 13.8 Å². The molecule has 4 nitrogen and oxygen atoms in total. The van der Waals surface area contributed by atoms with Crippen molar-refractivity contribution >= 4 is 0 Å². The summed E-state index contributed by atoms with van der Waals surface area (Å²) >= 11 is 0. The molecule has 4 heteroatoms. The van der Waals surface area contributed by atoms with E-state index in [9.17, 15) is 0 Å². The van der Waals surface area contributed by atoms with Gasteiger partial charge in [0.1, 0.15) is 0 Å². The van der Waals surface area contributed by atoms with Gasteiger partial charge in [-0.2, -0.15) is 5.26 Å². The molecule has 0 saturated carbocycles. The summed E-state index contributed by atoms with van der Waals surface area (Å²) in [6.07, 6.45) is 2.73. The molecule has 100 valence electrons. The summed E-state index contributed by atoms with van der Waals surface area (Å²) in [5.74, 6) is 0. The Morgan fingerprint density at radius 3 is 2.12 bits per heavy atom. The normalized spacial score (nSPS) is 11.4. The maximum Gasteiger partial charge on any atom is 0.0700 e. The molecule has 17 heavy (non-hydrogen) atoms. The fourth-order valence-electron chi connectivity index (χ4n) is 1.28. The molecule has 0 aliphatic heterocycles. The van der Waals surface area contributed by atoms with E-state index >= 15 is 0 Å². The first-order chi connectivity index (χ1) is 8.12. The molecule has 0 aromatic carbocycles. The quantitative estimate of drug-likeness (QED) is 0.523. The zero-order valence-electron chi connectivity index (χ0n) is 11.3. The summed E-state index contributed by atoms with van der Waals surface area (Å²) in [5.41, 5.74) is -0.230. The minimum Gasteiger partial charge on any atom is -0.382 e. The van der Waals surface area contributed by atoms with Gasteiger partial charge in [0.2, 0.25) is 0 Å². The highest BCUT2D eigenvalue weighted by Gasteiger charge is 2.15. The van der Waals surface area contributed by atoms with Crippen LogP contribution in [-0.4, -0.2) is 40.1 Å². The van der Waals surface area contributed by atoms with Crippen LogP contribution in [0.2, 0.25) is 0 Å². The number of hydrogen-bond donors (Lipinski definition) is 0. The molecule has 0 rings (SSSR count). The van der Waals surface area contributed by atoms with Crippen molar-refractivity contribution in [3.8, 4) is 6.07 Å². The monoisotopic (exact) mass is 243 g/mol. The zero-order chi connectivity index (χ0) is 13.0. The fraction of sp³-hybridized carbons (Fsp3) is 0.923. The van der Waals surface area contributed by atoms with Crippen molar-refractivity contribution in [1.82, 2.24) is 0 Å². The molecule has 0 amide bonds. The number of ether oxygens (including phenoxy) is 3. The third kappa shape index (κ3) is 11.6. The van der Waals surface area contributed by atoms with Crippen LogP contribution in [0.5, 0.6) is 0 Å². The second-order valence-electron chi connectivity index (χ2n) is 4.67. The fourth-order valence-corrected chi connectivity index (χ4v) is 1.28. The Kier molecular flexibility index (Phi) is 10.1. The molecule has 0 spiro atoms. The Labute approximate surface area is 105 Å².